The second-order valence-corrected chi connectivity index (χ2v) is 7.45. The Morgan fingerprint density at radius 2 is 1.72 bits per heavy atom. The number of carboxylic acids is 1. The first-order chi connectivity index (χ1) is 12.0. The molecular weight excluding hydrogens is 320 g/mol. The molecule has 4 N–H and O–H groups in total. The van der Waals surface area contributed by atoms with Crippen molar-refractivity contribution >= 4 is 5.97 Å². The Morgan fingerprint density at radius 3 is 2.36 bits per heavy atom. The van der Waals surface area contributed by atoms with E-state index in [0.29, 0.717) is 12.8 Å². The number of allylic oxidation sites excluding steroid dienone is 1. The highest BCUT2D eigenvalue weighted by Crippen LogP contribution is 2.39. The van der Waals surface area contributed by atoms with Crippen molar-refractivity contribution in [2.24, 2.45) is 11.8 Å². The van der Waals surface area contributed by atoms with Crippen molar-refractivity contribution < 1.29 is 25.2 Å². The lowest BCUT2D eigenvalue weighted by molar-refractivity contribution is -0.131. The van der Waals surface area contributed by atoms with Gasteiger partial charge in [0.25, 0.3) is 0 Å². The summed E-state index contributed by atoms with van der Waals surface area (Å²) in [5, 5.41) is 39.1. The van der Waals surface area contributed by atoms with Gasteiger partial charge in [-0.3, -0.25) is 0 Å². The monoisotopic (exact) mass is 356 g/mol. The molecule has 0 radical (unpaired) electrons. The van der Waals surface area contributed by atoms with Gasteiger partial charge in [-0.15, -0.1) is 0 Å². The molecule has 1 saturated carbocycles. The molecule has 1 aliphatic carbocycles. The predicted octanol–water partition coefficient (Wildman–Crippen LogP) is 3.27. The Hall–Kier alpha value is -0.910. The van der Waals surface area contributed by atoms with Gasteiger partial charge >= 0.3 is 5.97 Å². The highest BCUT2D eigenvalue weighted by atomic mass is 16.4. The third-order valence-electron chi connectivity index (χ3n) is 5.41. The van der Waals surface area contributed by atoms with E-state index in [2.05, 4.69) is 6.92 Å². The molecule has 1 aliphatic rings. The minimum atomic E-state index is -0.924. The Bertz CT molecular complexity index is 396. The second kappa shape index (κ2) is 12.4. The van der Waals surface area contributed by atoms with E-state index in [1.165, 1.54) is 0 Å². The summed E-state index contributed by atoms with van der Waals surface area (Å²) in [5.74, 6) is -0.779. The van der Waals surface area contributed by atoms with Gasteiger partial charge < -0.3 is 20.4 Å². The van der Waals surface area contributed by atoms with Gasteiger partial charge in [0.1, 0.15) is 0 Å². The lowest BCUT2D eigenvalue weighted by Crippen LogP contribution is -2.24. The summed E-state index contributed by atoms with van der Waals surface area (Å²) in [4.78, 5) is 10.4. The Kier molecular flexibility index (Phi) is 11.0. The van der Waals surface area contributed by atoms with Crippen molar-refractivity contribution in [2.45, 2.75) is 95.9 Å². The summed E-state index contributed by atoms with van der Waals surface area (Å²) in [6.45, 7) is 2.14. The molecule has 0 spiro atoms. The molecule has 5 nitrogen and oxygen atoms in total. The number of aliphatic hydroxyl groups excluding tert-OH is 3. The third kappa shape index (κ3) is 8.84. The van der Waals surface area contributed by atoms with E-state index in [1.807, 2.05) is 0 Å². The highest BCUT2D eigenvalue weighted by Gasteiger charge is 2.40. The predicted molar refractivity (Wildman–Crippen MR) is 98.2 cm³/mol. The molecule has 0 heterocycles. The molecule has 0 aromatic rings. The molecule has 146 valence electrons. The Balaban J connectivity index is 2.33. The molecule has 0 amide bonds. The van der Waals surface area contributed by atoms with Crippen molar-refractivity contribution in [2.75, 3.05) is 0 Å². The van der Waals surface area contributed by atoms with Crippen LogP contribution in [0, 0.1) is 11.8 Å². The Morgan fingerprint density at radius 1 is 1.04 bits per heavy atom. The number of unbranched alkanes of at least 4 members (excludes halogenated alkanes) is 4. The molecule has 5 atom stereocenters. The third-order valence-corrected chi connectivity index (χ3v) is 5.41. The summed E-state index contributed by atoms with van der Waals surface area (Å²) in [7, 11) is 0. The van der Waals surface area contributed by atoms with Gasteiger partial charge in [0.15, 0.2) is 0 Å². The number of rotatable bonds is 13. The number of aliphatic hydroxyl groups is 3. The van der Waals surface area contributed by atoms with Crippen molar-refractivity contribution in [3.8, 4) is 0 Å². The summed E-state index contributed by atoms with van der Waals surface area (Å²) in [5.41, 5.74) is 0. The minimum absolute atomic E-state index is 0.0605. The molecule has 0 aliphatic heterocycles. The number of carboxylic acid groups (broad SMARTS) is 1. The van der Waals surface area contributed by atoms with E-state index in [4.69, 9.17) is 5.11 Å². The van der Waals surface area contributed by atoms with Crippen LogP contribution in [-0.4, -0.2) is 44.7 Å². The molecule has 1 rings (SSSR count). The maximum atomic E-state index is 10.4. The zero-order valence-electron chi connectivity index (χ0n) is 15.5. The molecule has 1 fully saturated rings. The number of carbonyl (C=O) groups is 1. The van der Waals surface area contributed by atoms with Gasteiger partial charge in [-0.05, 0) is 56.8 Å². The van der Waals surface area contributed by atoms with E-state index in [9.17, 15) is 20.1 Å². The van der Waals surface area contributed by atoms with E-state index in [1.54, 1.807) is 6.08 Å². The summed E-state index contributed by atoms with van der Waals surface area (Å²) in [6.07, 6.45) is 11.0. The quantitative estimate of drug-likeness (QED) is 0.300. The normalized spacial score (nSPS) is 27.8. The van der Waals surface area contributed by atoms with Crippen LogP contribution < -0.4 is 0 Å². The lowest BCUT2D eigenvalue weighted by atomic mass is 9.84. The van der Waals surface area contributed by atoms with Crippen LogP contribution in [0.15, 0.2) is 12.2 Å². The second-order valence-electron chi connectivity index (χ2n) is 7.45. The first kappa shape index (κ1) is 22.1. The van der Waals surface area contributed by atoms with Crippen LogP contribution in [0.1, 0.15) is 77.6 Å². The van der Waals surface area contributed by atoms with Crippen LogP contribution in [0.2, 0.25) is 0 Å². The Labute approximate surface area is 151 Å². The smallest absolute Gasteiger partial charge is 0.327 e. The maximum Gasteiger partial charge on any atom is 0.327 e. The molecule has 0 aromatic heterocycles. The van der Waals surface area contributed by atoms with E-state index in [-0.39, 0.29) is 17.9 Å². The highest BCUT2D eigenvalue weighted by molar-refractivity contribution is 5.79. The molecule has 0 aromatic carbocycles. The fourth-order valence-corrected chi connectivity index (χ4v) is 3.97. The van der Waals surface area contributed by atoms with Crippen LogP contribution >= 0.6 is 0 Å². The molecule has 0 unspecified atom stereocenters. The van der Waals surface area contributed by atoms with Crippen molar-refractivity contribution in [1.82, 2.24) is 0 Å². The number of aliphatic carboxylic acids is 1. The first-order valence-corrected chi connectivity index (χ1v) is 9.89. The molecule has 0 saturated heterocycles. The largest absolute Gasteiger partial charge is 0.478 e. The fraction of sp³-hybridized carbons (Fsp3) is 0.850. The van der Waals surface area contributed by atoms with Crippen LogP contribution in [0.5, 0.6) is 0 Å². The zero-order chi connectivity index (χ0) is 18.7. The van der Waals surface area contributed by atoms with E-state index < -0.39 is 18.2 Å². The minimum Gasteiger partial charge on any atom is -0.478 e. The van der Waals surface area contributed by atoms with Gasteiger partial charge in [-0.1, -0.05) is 38.7 Å². The van der Waals surface area contributed by atoms with Gasteiger partial charge in [0.2, 0.25) is 0 Å². The van der Waals surface area contributed by atoms with Gasteiger partial charge in [0, 0.05) is 6.08 Å². The summed E-state index contributed by atoms with van der Waals surface area (Å²) < 4.78 is 0. The van der Waals surface area contributed by atoms with Crippen molar-refractivity contribution in [1.29, 1.82) is 0 Å². The first-order valence-electron chi connectivity index (χ1n) is 9.89. The van der Waals surface area contributed by atoms with E-state index in [0.717, 1.165) is 63.9 Å². The zero-order valence-corrected chi connectivity index (χ0v) is 15.5. The lowest BCUT2D eigenvalue weighted by Gasteiger charge is -2.24. The van der Waals surface area contributed by atoms with Crippen LogP contribution in [0.25, 0.3) is 0 Å². The van der Waals surface area contributed by atoms with Gasteiger partial charge in [-0.2, -0.15) is 0 Å². The number of hydrogen-bond donors (Lipinski definition) is 4. The fourth-order valence-electron chi connectivity index (χ4n) is 3.97. The topological polar surface area (TPSA) is 98.0 Å². The molecular formula is C20H36O5. The van der Waals surface area contributed by atoms with Crippen LogP contribution in [0.4, 0.5) is 0 Å². The average molecular weight is 357 g/mol. The van der Waals surface area contributed by atoms with Crippen LogP contribution in [0.3, 0.4) is 0 Å². The molecule has 5 heteroatoms. The maximum absolute atomic E-state index is 10.4. The van der Waals surface area contributed by atoms with Crippen LogP contribution in [-0.2, 0) is 4.79 Å². The summed E-state index contributed by atoms with van der Waals surface area (Å²) in [6, 6.07) is 0. The SMILES string of the molecule is CCCCC[C@H](O)CC[C@@H]1[C@@H](CCCCC=CC(=O)O)[C@H](O)C[C@H]1O. The molecule has 0 bridgehead atoms. The van der Waals surface area contributed by atoms with Gasteiger partial charge in [-0.25, -0.2) is 4.79 Å². The standard InChI is InChI=1S/C20H36O5/c1-2-3-6-9-15(21)12-13-17-16(18(22)14-19(17)23)10-7-4-5-8-11-20(24)25/h8,11,15-19,21-23H,2-7,9-10,12-14H2,1H3,(H,24,25)/t15-,16+,17+,18+,19+/m0/s1. The van der Waals surface area contributed by atoms with Crippen molar-refractivity contribution in [3.05, 3.63) is 12.2 Å². The van der Waals surface area contributed by atoms with E-state index >= 15 is 0 Å². The number of hydrogen-bond acceptors (Lipinski definition) is 4. The van der Waals surface area contributed by atoms with Crippen molar-refractivity contribution in [3.63, 3.8) is 0 Å². The molecule has 25 heavy (non-hydrogen) atoms. The summed E-state index contributed by atoms with van der Waals surface area (Å²) >= 11 is 0. The van der Waals surface area contributed by atoms with Gasteiger partial charge in [0.05, 0.1) is 18.3 Å². The average Bonchev–Trinajstić information content (AvgIpc) is 2.82.